The van der Waals surface area contributed by atoms with Crippen LogP contribution in [0.2, 0.25) is 0 Å². The highest BCUT2D eigenvalue weighted by molar-refractivity contribution is 5.95. The van der Waals surface area contributed by atoms with E-state index in [0.717, 1.165) is 12.3 Å². The molecule has 3 nitrogen and oxygen atoms in total. The van der Waals surface area contributed by atoms with Gasteiger partial charge in [0, 0.05) is 5.92 Å². The summed E-state index contributed by atoms with van der Waals surface area (Å²) in [6.07, 6.45) is 4.63. The summed E-state index contributed by atoms with van der Waals surface area (Å²) in [5.41, 5.74) is 6.49. The standard InChI is InChI=1S/C14H17FN2O/c15-10-3-4-13(12(16)7-10)17-14(18)11-6-8-1-2-9(11)5-8/h3-4,7-9,11H,1-2,5-6,16H2,(H,17,18). The summed E-state index contributed by atoms with van der Waals surface area (Å²) in [6, 6.07) is 4.07. The van der Waals surface area contributed by atoms with Crippen molar-refractivity contribution in [3.63, 3.8) is 0 Å². The molecule has 2 aliphatic carbocycles. The van der Waals surface area contributed by atoms with Gasteiger partial charge in [-0.05, 0) is 49.3 Å². The summed E-state index contributed by atoms with van der Waals surface area (Å²) in [6.45, 7) is 0. The normalized spacial score (nSPS) is 29.5. The fourth-order valence-corrected chi connectivity index (χ4v) is 3.44. The number of carbonyl (C=O) groups is 1. The van der Waals surface area contributed by atoms with Crippen molar-refractivity contribution in [2.75, 3.05) is 11.1 Å². The second kappa shape index (κ2) is 4.26. The van der Waals surface area contributed by atoms with E-state index in [1.165, 1.54) is 37.5 Å². The molecule has 1 aromatic carbocycles. The first-order valence-corrected chi connectivity index (χ1v) is 6.49. The minimum atomic E-state index is -0.384. The lowest BCUT2D eigenvalue weighted by Gasteiger charge is -2.21. The van der Waals surface area contributed by atoms with Gasteiger partial charge in [-0.1, -0.05) is 6.42 Å². The van der Waals surface area contributed by atoms with Crippen LogP contribution in [0.3, 0.4) is 0 Å². The van der Waals surface area contributed by atoms with Gasteiger partial charge in [0.15, 0.2) is 0 Å². The third-order valence-corrected chi connectivity index (χ3v) is 4.35. The van der Waals surface area contributed by atoms with Gasteiger partial charge < -0.3 is 11.1 Å². The number of anilines is 2. The van der Waals surface area contributed by atoms with Crippen LogP contribution in [0.25, 0.3) is 0 Å². The van der Waals surface area contributed by atoms with E-state index in [9.17, 15) is 9.18 Å². The lowest BCUT2D eigenvalue weighted by molar-refractivity contribution is -0.121. The summed E-state index contributed by atoms with van der Waals surface area (Å²) in [7, 11) is 0. The highest BCUT2D eigenvalue weighted by Crippen LogP contribution is 2.48. The number of hydrogen-bond donors (Lipinski definition) is 2. The number of hydrogen-bond acceptors (Lipinski definition) is 2. The molecule has 2 saturated carbocycles. The Kier molecular flexibility index (Phi) is 2.73. The Labute approximate surface area is 106 Å². The van der Waals surface area contributed by atoms with Crippen molar-refractivity contribution in [3.8, 4) is 0 Å². The van der Waals surface area contributed by atoms with Gasteiger partial charge in [0.05, 0.1) is 11.4 Å². The number of nitrogen functional groups attached to an aromatic ring is 1. The molecule has 0 heterocycles. The molecule has 96 valence electrons. The Balaban J connectivity index is 1.71. The van der Waals surface area contributed by atoms with E-state index in [0.29, 0.717) is 11.6 Å². The molecule has 2 bridgehead atoms. The number of benzene rings is 1. The maximum atomic E-state index is 12.9. The minimum absolute atomic E-state index is 0.0421. The molecular formula is C14H17FN2O. The molecule has 0 aliphatic heterocycles. The number of carbonyl (C=O) groups excluding carboxylic acids is 1. The van der Waals surface area contributed by atoms with E-state index in [-0.39, 0.29) is 23.3 Å². The van der Waals surface area contributed by atoms with Crippen LogP contribution in [-0.4, -0.2) is 5.91 Å². The number of amides is 1. The van der Waals surface area contributed by atoms with E-state index >= 15 is 0 Å². The summed E-state index contributed by atoms with van der Waals surface area (Å²) >= 11 is 0. The summed E-state index contributed by atoms with van der Waals surface area (Å²) in [4.78, 5) is 12.2. The zero-order valence-electron chi connectivity index (χ0n) is 10.2. The average molecular weight is 248 g/mol. The molecule has 3 rings (SSSR count). The molecule has 3 unspecified atom stereocenters. The van der Waals surface area contributed by atoms with Crippen LogP contribution in [0.15, 0.2) is 18.2 Å². The largest absolute Gasteiger partial charge is 0.397 e. The van der Waals surface area contributed by atoms with Crippen LogP contribution in [0, 0.1) is 23.6 Å². The van der Waals surface area contributed by atoms with E-state index in [4.69, 9.17) is 5.73 Å². The molecule has 2 aliphatic rings. The Morgan fingerprint density at radius 2 is 2.17 bits per heavy atom. The molecule has 2 fully saturated rings. The van der Waals surface area contributed by atoms with Gasteiger partial charge in [0.25, 0.3) is 0 Å². The topological polar surface area (TPSA) is 55.1 Å². The molecule has 4 heteroatoms. The fraction of sp³-hybridized carbons (Fsp3) is 0.500. The van der Waals surface area contributed by atoms with Crippen LogP contribution in [-0.2, 0) is 4.79 Å². The van der Waals surface area contributed by atoms with Crippen molar-refractivity contribution in [1.82, 2.24) is 0 Å². The number of rotatable bonds is 2. The highest BCUT2D eigenvalue weighted by Gasteiger charge is 2.43. The van der Waals surface area contributed by atoms with Crippen molar-refractivity contribution in [3.05, 3.63) is 24.0 Å². The van der Waals surface area contributed by atoms with E-state index in [1.54, 1.807) is 0 Å². The molecular weight excluding hydrogens is 231 g/mol. The summed E-state index contributed by atoms with van der Waals surface area (Å²) < 4.78 is 12.9. The zero-order chi connectivity index (χ0) is 12.7. The fourth-order valence-electron chi connectivity index (χ4n) is 3.44. The number of fused-ring (bicyclic) bond motifs is 2. The van der Waals surface area contributed by atoms with Crippen LogP contribution >= 0.6 is 0 Å². The van der Waals surface area contributed by atoms with Crippen LogP contribution < -0.4 is 11.1 Å². The monoisotopic (exact) mass is 248 g/mol. The summed E-state index contributed by atoms with van der Waals surface area (Å²) in [5, 5.41) is 2.83. The smallest absolute Gasteiger partial charge is 0.227 e. The number of nitrogens with one attached hydrogen (secondary N) is 1. The Bertz CT molecular complexity index is 489. The van der Waals surface area contributed by atoms with Gasteiger partial charge in [-0.3, -0.25) is 4.79 Å². The van der Waals surface area contributed by atoms with Crippen molar-refractivity contribution >= 4 is 17.3 Å². The maximum Gasteiger partial charge on any atom is 0.227 e. The molecule has 0 radical (unpaired) electrons. The molecule has 18 heavy (non-hydrogen) atoms. The van der Waals surface area contributed by atoms with Crippen LogP contribution in [0.4, 0.5) is 15.8 Å². The molecule has 3 N–H and O–H groups in total. The predicted molar refractivity (Wildman–Crippen MR) is 68.4 cm³/mol. The lowest BCUT2D eigenvalue weighted by Crippen LogP contribution is -2.27. The van der Waals surface area contributed by atoms with Crippen LogP contribution in [0.5, 0.6) is 0 Å². The van der Waals surface area contributed by atoms with Gasteiger partial charge in [0.2, 0.25) is 5.91 Å². The first-order chi connectivity index (χ1) is 8.63. The lowest BCUT2D eigenvalue weighted by atomic mass is 9.88. The molecule has 0 aromatic heterocycles. The summed E-state index contributed by atoms with van der Waals surface area (Å²) in [5.74, 6) is 1.05. The molecule has 0 spiro atoms. The van der Waals surface area contributed by atoms with Gasteiger partial charge in [0.1, 0.15) is 5.82 Å². The maximum absolute atomic E-state index is 12.9. The molecule has 0 saturated heterocycles. The van der Waals surface area contributed by atoms with Gasteiger partial charge in [-0.15, -0.1) is 0 Å². The van der Waals surface area contributed by atoms with Gasteiger partial charge >= 0.3 is 0 Å². The predicted octanol–water partition coefficient (Wildman–Crippen LogP) is 2.78. The third kappa shape index (κ3) is 1.96. The minimum Gasteiger partial charge on any atom is -0.397 e. The Morgan fingerprint density at radius 3 is 2.78 bits per heavy atom. The van der Waals surface area contributed by atoms with Crippen molar-refractivity contribution in [2.45, 2.75) is 25.7 Å². The average Bonchev–Trinajstić information content (AvgIpc) is 2.94. The molecule has 1 aromatic rings. The SMILES string of the molecule is Nc1cc(F)ccc1NC(=O)C1CC2CCC1C2. The third-order valence-electron chi connectivity index (χ3n) is 4.35. The quantitative estimate of drug-likeness (QED) is 0.791. The van der Waals surface area contributed by atoms with E-state index in [2.05, 4.69) is 5.32 Å². The second-order valence-corrected chi connectivity index (χ2v) is 5.50. The Hall–Kier alpha value is -1.58. The highest BCUT2D eigenvalue weighted by atomic mass is 19.1. The van der Waals surface area contributed by atoms with E-state index < -0.39 is 0 Å². The molecule has 1 amide bonds. The zero-order valence-corrected chi connectivity index (χ0v) is 10.2. The number of nitrogens with two attached hydrogens (primary N) is 1. The Morgan fingerprint density at radius 1 is 1.33 bits per heavy atom. The van der Waals surface area contributed by atoms with Crippen molar-refractivity contribution in [1.29, 1.82) is 0 Å². The molecule has 3 atom stereocenters. The van der Waals surface area contributed by atoms with Crippen molar-refractivity contribution < 1.29 is 9.18 Å². The van der Waals surface area contributed by atoms with Crippen molar-refractivity contribution in [2.24, 2.45) is 17.8 Å². The number of halogens is 1. The van der Waals surface area contributed by atoms with E-state index in [1.807, 2.05) is 0 Å². The first-order valence-electron chi connectivity index (χ1n) is 6.49. The van der Waals surface area contributed by atoms with Gasteiger partial charge in [-0.25, -0.2) is 4.39 Å². The van der Waals surface area contributed by atoms with Gasteiger partial charge in [-0.2, -0.15) is 0 Å². The first kappa shape index (κ1) is 11.5. The van der Waals surface area contributed by atoms with Crippen LogP contribution in [0.1, 0.15) is 25.7 Å². The second-order valence-electron chi connectivity index (χ2n) is 5.50.